The van der Waals surface area contributed by atoms with Gasteiger partial charge in [0.05, 0.1) is 4.88 Å². The number of nitrogens with two attached hydrogens (primary N) is 2. The number of hydrogen-bond acceptors (Lipinski definition) is 5. The first kappa shape index (κ1) is 17.4. The van der Waals surface area contributed by atoms with Gasteiger partial charge in [0, 0.05) is 22.6 Å². The minimum Gasteiger partial charge on any atom is -0.399 e. The molecule has 2 aromatic carbocycles. The predicted molar refractivity (Wildman–Crippen MR) is 107 cm³/mol. The Labute approximate surface area is 155 Å². The molecule has 0 fully saturated rings. The molecular formula is C20H17N3O2S. The number of carbonyl (C=O) groups is 2. The van der Waals surface area contributed by atoms with Crippen molar-refractivity contribution in [1.29, 1.82) is 0 Å². The van der Waals surface area contributed by atoms with E-state index in [0.29, 0.717) is 27.5 Å². The van der Waals surface area contributed by atoms with E-state index < -0.39 is 0 Å². The predicted octanol–water partition coefficient (Wildman–Crippen LogP) is 4.06. The average molecular weight is 363 g/mol. The first-order valence-electron chi connectivity index (χ1n) is 7.84. The summed E-state index contributed by atoms with van der Waals surface area (Å²) in [6.45, 7) is 0. The molecule has 1 amide bonds. The minimum atomic E-state index is -0.292. The Morgan fingerprint density at radius 1 is 0.962 bits per heavy atom. The van der Waals surface area contributed by atoms with Crippen molar-refractivity contribution in [2.45, 2.75) is 0 Å². The molecule has 0 aliphatic heterocycles. The summed E-state index contributed by atoms with van der Waals surface area (Å²) in [7, 11) is 0. The topological polar surface area (TPSA) is 98.2 Å². The molecular weight excluding hydrogens is 346 g/mol. The third-order valence-corrected chi connectivity index (χ3v) is 4.48. The third-order valence-electron chi connectivity index (χ3n) is 3.60. The van der Waals surface area contributed by atoms with E-state index in [4.69, 9.17) is 11.5 Å². The summed E-state index contributed by atoms with van der Waals surface area (Å²) in [5.74, 6) is -0.322. The second kappa shape index (κ2) is 7.67. The number of rotatable bonds is 5. The number of thiophene rings is 1. The van der Waals surface area contributed by atoms with Gasteiger partial charge < -0.3 is 16.8 Å². The summed E-state index contributed by atoms with van der Waals surface area (Å²) in [6, 6.07) is 15.5. The van der Waals surface area contributed by atoms with Gasteiger partial charge in [0.2, 0.25) is 0 Å². The number of amides is 1. The highest BCUT2D eigenvalue weighted by Gasteiger charge is 2.08. The normalized spacial score (nSPS) is 10.8. The van der Waals surface area contributed by atoms with Gasteiger partial charge in [-0.3, -0.25) is 9.59 Å². The minimum absolute atomic E-state index is 0.0309. The molecule has 3 aromatic rings. The van der Waals surface area contributed by atoms with Crippen molar-refractivity contribution in [2.75, 3.05) is 16.8 Å². The van der Waals surface area contributed by atoms with Crippen LogP contribution in [0.5, 0.6) is 0 Å². The van der Waals surface area contributed by atoms with Crippen molar-refractivity contribution in [2.24, 2.45) is 0 Å². The Morgan fingerprint density at radius 3 is 2.27 bits per heavy atom. The van der Waals surface area contributed by atoms with Crippen molar-refractivity contribution in [1.82, 2.24) is 0 Å². The summed E-state index contributed by atoms with van der Waals surface area (Å²) >= 11 is 1.41. The zero-order chi connectivity index (χ0) is 18.5. The summed E-state index contributed by atoms with van der Waals surface area (Å²) in [6.07, 6.45) is 3.28. The van der Waals surface area contributed by atoms with Crippen LogP contribution in [-0.2, 0) is 0 Å². The Bertz CT molecular complexity index is 941. The van der Waals surface area contributed by atoms with Crippen LogP contribution in [0.2, 0.25) is 0 Å². The maximum atomic E-state index is 12.3. The Hall–Kier alpha value is -3.38. The van der Waals surface area contributed by atoms with Crippen LogP contribution < -0.4 is 16.8 Å². The van der Waals surface area contributed by atoms with Crippen molar-refractivity contribution in [3.63, 3.8) is 0 Å². The lowest BCUT2D eigenvalue weighted by Gasteiger charge is -2.07. The molecule has 1 heterocycles. The third kappa shape index (κ3) is 4.37. The molecule has 0 saturated heterocycles. The molecule has 5 nitrogen and oxygen atoms in total. The van der Waals surface area contributed by atoms with Gasteiger partial charge in [-0.1, -0.05) is 24.3 Å². The first-order valence-corrected chi connectivity index (χ1v) is 8.72. The molecule has 0 spiro atoms. The smallest absolute Gasteiger partial charge is 0.255 e. The van der Waals surface area contributed by atoms with Gasteiger partial charge in [0.1, 0.15) is 0 Å². The van der Waals surface area contributed by atoms with Crippen LogP contribution in [0.15, 0.2) is 66.1 Å². The summed E-state index contributed by atoms with van der Waals surface area (Å²) < 4.78 is 0. The van der Waals surface area contributed by atoms with E-state index in [1.165, 1.54) is 17.4 Å². The first-order chi connectivity index (χ1) is 12.5. The van der Waals surface area contributed by atoms with Crippen LogP contribution in [0.4, 0.5) is 17.1 Å². The molecule has 0 bridgehead atoms. The molecule has 0 aliphatic carbocycles. The molecule has 26 heavy (non-hydrogen) atoms. The lowest BCUT2D eigenvalue weighted by Crippen LogP contribution is -2.12. The van der Waals surface area contributed by atoms with E-state index in [1.54, 1.807) is 42.5 Å². The molecule has 1 aromatic heterocycles. The highest BCUT2D eigenvalue weighted by molar-refractivity contribution is 7.12. The molecule has 5 N–H and O–H groups in total. The van der Waals surface area contributed by atoms with Crippen LogP contribution in [0.3, 0.4) is 0 Å². The van der Waals surface area contributed by atoms with E-state index in [1.807, 2.05) is 23.6 Å². The fourth-order valence-corrected chi connectivity index (χ4v) is 3.01. The summed E-state index contributed by atoms with van der Waals surface area (Å²) in [5, 5.41) is 4.66. The number of benzene rings is 2. The number of nitrogens with one attached hydrogen (secondary N) is 1. The monoisotopic (exact) mass is 363 g/mol. The number of nitrogen functional groups attached to an aromatic ring is 2. The van der Waals surface area contributed by atoms with Crippen LogP contribution in [-0.4, -0.2) is 11.7 Å². The SMILES string of the molecule is Nc1cc(N)cc(C(=O)Nc2ccc(/C=C/C(=O)c3cccs3)cc2)c1. The number of anilines is 3. The second-order valence-corrected chi connectivity index (χ2v) is 6.59. The highest BCUT2D eigenvalue weighted by atomic mass is 32.1. The van der Waals surface area contributed by atoms with Gasteiger partial charge in [-0.05, 0) is 53.4 Å². The van der Waals surface area contributed by atoms with Crippen molar-refractivity contribution in [3.05, 3.63) is 82.1 Å². The zero-order valence-electron chi connectivity index (χ0n) is 13.8. The molecule has 0 aliphatic rings. The van der Waals surface area contributed by atoms with Crippen molar-refractivity contribution in [3.8, 4) is 0 Å². The molecule has 0 atom stereocenters. The molecule has 6 heteroatoms. The Morgan fingerprint density at radius 2 is 1.65 bits per heavy atom. The van der Waals surface area contributed by atoms with Crippen molar-refractivity contribution < 1.29 is 9.59 Å². The Kier molecular flexibility index (Phi) is 5.15. The molecule has 0 unspecified atom stereocenters. The number of ketones is 1. The van der Waals surface area contributed by atoms with Gasteiger partial charge in [-0.2, -0.15) is 0 Å². The molecule has 130 valence electrons. The highest BCUT2D eigenvalue weighted by Crippen LogP contribution is 2.17. The summed E-state index contributed by atoms with van der Waals surface area (Å²) in [5.41, 5.74) is 14.2. The van der Waals surface area contributed by atoms with Crippen molar-refractivity contribution >= 4 is 46.2 Å². The van der Waals surface area contributed by atoms with Gasteiger partial charge in [-0.25, -0.2) is 0 Å². The second-order valence-electron chi connectivity index (χ2n) is 5.64. The van der Waals surface area contributed by atoms with E-state index in [9.17, 15) is 9.59 Å². The zero-order valence-corrected chi connectivity index (χ0v) is 14.6. The fraction of sp³-hybridized carbons (Fsp3) is 0. The van der Waals surface area contributed by atoms with E-state index in [2.05, 4.69) is 5.32 Å². The molecule has 0 saturated carbocycles. The maximum absolute atomic E-state index is 12.3. The van der Waals surface area contributed by atoms with Crippen LogP contribution in [0, 0.1) is 0 Å². The maximum Gasteiger partial charge on any atom is 0.255 e. The van der Waals surface area contributed by atoms with Crippen LogP contribution in [0.1, 0.15) is 25.6 Å². The number of allylic oxidation sites excluding steroid dienone is 1. The van der Waals surface area contributed by atoms with E-state index in [-0.39, 0.29) is 11.7 Å². The van der Waals surface area contributed by atoms with Gasteiger partial charge in [-0.15, -0.1) is 11.3 Å². The fourth-order valence-electron chi connectivity index (χ4n) is 2.36. The van der Waals surface area contributed by atoms with Gasteiger partial charge in [0.25, 0.3) is 5.91 Å². The quantitative estimate of drug-likeness (QED) is 0.362. The van der Waals surface area contributed by atoms with Crippen LogP contribution in [0.25, 0.3) is 6.08 Å². The van der Waals surface area contributed by atoms with E-state index in [0.717, 1.165) is 5.56 Å². The summed E-state index contributed by atoms with van der Waals surface area (Å²) in [4.78, 5) is 24.9. The number of carbonyl (C=O) groups excluding carboxylic acids is 2. The largest absolute Gasteiger partial charge is 0.399 e. The molecule has 3 rings (SSSR count). The van der Waals surface area contributed by atoms with Crippen LogP contribution >= 0.6 is 11.3 Å². The van der Waals surface area contributed by atoms with Gasteiger partial charge >= 0.3 is 0 Å². The molecule has 0 radical (unpaired) electrons. The van der Waals surface area contributed by atoms with Gasteiger partial charge in [0.15, 0.2) is 5.78 Å². The average Bonchev–Trinajstić information content (AvgIpc) is 3.15. The van der Waals surface area contributed by atoms with E-state index >= 15 is 0 Å². The lowest BCUT2D eigenvalue weighted by molar-refractivity contribution is 0.102. The number of hydrogen-bond donors (Lipinski definition) is 3. The Balaban J connectivity index is 1.66. The lowest BCUT2D eigenvalue weighted by atomic mass is 10.1. The standard InChI is InChI=1S/C20H17N3O2S/c21-15-10-14(11-16(22)12-15)20(25)23-17-6-3-13(4-7-17)5-8-18(24)19-2-1-9-26-19/h1-12H,21-22H2,(H,23,25)/b8-5+.